The predicted octanol–water partition coefficient (Wildman–Crippen LogP) is 2.35. The highest BCUT2D eigenvalue weighted by Crippen LogP contribution is 2.22. The van der Waals surface area contributed by atoms with Gasteiger partial charge in [0.15, 0.2) is 0 Å². The molecule has 3 heteroatoms. The highest BCUT2D eigenvalue weighted by atomic mass is 15.3. The lowest BCUT2D eigenvalue weighted by molar-refractivity contribution is 0.641. The highest BCUT2D eigenvalue weighted by molar-refractivity contribution is 5.35. The van der Waals surface area contributed by atoms with Gasteiger partial charge in [0.25, 0.3) is 0 Å². The molecule has 17 heavy (non-hydrogen) atoms. The number of hydrogen-bond acceptors (Lipinski definition) is 2. The summed E-state index contributed by atoms with van der Waals surface area (Å²) in [6, 6.07) is 8.77. The average Bonchev–Trinajstić information content (AvgIpc) is 2.71. The van der Waals surface area contributed by atoms with Crippen LogP contribution in [0.3, 0.4) is 0 Å². The summed E-state index contributed by atoms with van der Waals surface area (Å²) < 4.78 is 1.83. The van der Waals surface area contributed by atoms with Gasteiger partial charge in [0.2, 0.25) is 0 Å². The molecule has 1 atom stereocenters. The van der Waals surface area contributed by atoms with Crippen LogP contribution in [0.1, 0.15) is 28.4 Å². The van der Waals surface area contributed by atoms with E-state index < -0.39 is 0 Å². The molecule has 0 aliphatic heterocycles. The van der Waals surface area contributed by atoms with Crippen LogP contribution in [-0.2, 0) is 7.05 Å². The van der Waals surface area contributed by atoms with E-state index in [2.05, 4.69) is 48.5 Å². The van der Waals surface area contributed by atoms with Crippen molar-refractivity contribution in [1.82, 2.24) is 15.1 Å². The van der Waals surface area contributed by atoms with Crippen molar-refractivity contribution in [2.45, 2.75) is 19.9 Å². The zero-order valence-corrected chi connectivity index (χ0v) is 10.9. The Bertz CT molecular complexity index is 514. The Morgan fingerprint density at radius 2 is 1.94 bits per heavy atom. The standard InChI is InChI=1S/C14H19N3/c1-10-5-6-12(9-11(10)2)14(15-3)13-7-8-17(4)16-13/h5-9,14-15H,1-4H3. The number of rotatable bonds is 3. The molecule has 0 bridgehead atoms. The fraction of sp³-hybridized carbons (Fsp3) is 0.357. The van der Waals surface area contributed by atoms with Crippen LogP contribution in [0.4, 0.5) is 0 Å². The first-order valence-corrected chi connectivity index (χ1v) is 5.86. The van der Waals surface area contributed by atoms with Crippen LogP contribution < -0.4 is 5.32 Å². The Morgan fingerprint density at radius 1 is 1.18 bits per heavy atom. The quantitative estimate of drug-likeness (QED) is 0.875. The van der Waals surface area contributed by atoms with E-state index in [-0.39, 0.29) is 6.04 Å². The molecule has 0 amide bonds. The summed E-state index contributed by atoms with van der Waals surface area (Å²) in [4.78, 5) is 0. The zero-order chi connectivity index (χ0) is 12.4. The number of aromatic nitrogens is 2. The Balaban J connectivity index is 2.38. The minimum atomic E-state index is 0.163. The van der Waals surface area contributed by atoms with Crippen LogP contribution in [0.5, 0.6) is 0 Å². The molecule has 2 aromatic rings. The van der Waals surface area contributed by atoms with Gasteiger partial charge in [0, 0.05) is 13.2 Å². The summed E-state index contributed by atoms with van der Waals surface area (Å²) in [5, 5.41) is 7.78. The van der Waals surface area contributed by atoms with Crippen LogP contribution in [0.15, 0.2) is 30.5 Å². The van der Waals surface area contributed by atoms with Gasteiger partial charge in [-0.2, -0.15) is 5.10 Å². The first-order valence-electron chi connectivity index (χ1n) is 5.86. The van der Waals surface area contributed by atoms with Gasteiger partial charge >= 0.3 is 0 Å². The number of hydrogen-bond donors (Lipinski definition) is 1. The molecular formula is C14H19N3. The molecule has 0 aliphatic rings. The van der Waals surface area contributed by atoms with Crippen LogP contribution in [0.25, 0.3) is 0 Å². The van der Waals surface area contributed by atoms with E-state index in [1.807, 2.05) is 25.0 Å². The van der Waals surface area contributed by atoms with Crippen molar-refractivity contribution in [3.63, 3.8) is 0 Å². The van der Waals surface area contributed by atoms with Crippen molar-refractivity contribution in [3.05, 3.63) is 52.8 Å². The van der Waals surface area contributed by atoms with Crippen LogP contribution in [0, 0.1) is 13.8 Å². The van der Waals surface area contributed by atoms with E-state index in [0.29, 0.717) is 0 Å². The van der Waals surface area contributed by atoms with Gasteiger partial charge < -0.3 is 5.32 Å². The fourth-order valence-electron chi connectivity index (χ4n) is 2.02. The smallest absolute Gasteiger partial charge is 0.0839 e. The van der Waals surface area contributed by atoms with Crippen molar-refractivity contribution in [1.29, 1.82) is 0 Å². The van der Waals surface area contributed by atoms with Gasteiger partial charge in [0.1, 0.15) is 0 Å². The topological polar surface area (TPSA) is 29.9 Å². The van der Waals surface area contributed by atoms with Gasteiger partial charge in [-0.25, -0.2) is 0 Å². The molecule has 0 spiro atoms. The maximum Gasteiger partial charge on any atom is 0.0839 e. The number of nitrogens with zero attached hydrogens (tertiary/aromatic N) is 2. The zero-order valence-electron chi connectivity index (χ0n) is 10.9. The molecule has 0 aliphatic carbocycles. The first kappa shape index (κ1) is 11.9. The molecule has 0 fully saturated rings. The van der Waals surface area contributed by atoms with E-state index in [4.69, 9.17) is 0 Å². The average molecular weight is 229 g/mol. The maximum absolute atomic E-state index is 4.46. The Labute approximate surface area is 102 Å². The Kier molecular flexibility index (Phi) is 3.29. The maximum atomic E-state index is 4.46. The van der Waals surface area contributed by atoms with Crippen LogP contribution in [-0.4, -0.2) is 16.8 Å². The summed E-state index contributed by atoms with van der Waals surface area (Å²) in [5.74, 6) is 0. The van der Waals surface area contributed by atoms with E-state index in [9.17, 15) is 0 Å². The molecular weight excluding hydrogens is 210 g/mol. The molecule has 3 nitrogen and oxygen atoms in total. The second-order valence-corrected chi connectivity index (χ2v) is 4.48. The monoisotopic (exact) mass is 229 g/mol. The third-order valence-electron chi connectivity index (χ3n) is 3.18. The minimum absolute atomic E-state index is 0.163. The molecule has 1 heterocycles. The fourth-order valence-corrected chi connectivity index (χ4v) is 2.02. The predicted molar refractivity (Wildman–Crippen MR) is 70.0 cm³/mol. The highest BCUT2D eigenvalue weighted by Gasteiger charge is 2.14. The molecule has 0 saturated carbocycles. The van der Waals surface area contributed by atoms with Crippen molar-refractivity contribution >= 4 is 0 Å². The number of benzene rings is 1. The molecule has 2 rings (SSSR count). The Morgan fingerprint density at radius 3 is 2.47 bits per heavy atom. The molecule has 1 unspecified atom stereocenters. The van der Waals surface area contributed by atoms with Crippen molar-refractivity contribution in [2.24, 2.45) is 7.05 Å². The summed E-state index contributed by atoms with van der Waals surface area (Å²) >= 11 is 0. The number of aryl methyl sites for hydroxylation is 3. The van der Waals surface area contributed by atoms with E-state index in [0.717, 1.165) is 5.69 Å². The lowest BCUT2D eigenvalue weighted by Crippen LogP contribution is -2.18. The molecule has 0 radical (unpaired) electrons. The lowest BCUT2D eigenvalue weighted by atomic mass is 9.99. The van der Waals surface area contributed by atoms with Gasteiger partial charge in [0.05, 0.1) is 11.7 Å². The van der Waals surface area contributed by atoms with Crippen molar-refractivity contribution in [2.75, 3.05) is 7.05 Å². The number of nitrogens with one attached hydrogen (secondary N) is 1. The van der Waals surface area contributed by atoms with Gasteiger partial charge in [-0.05, 0) is 43.7 Å². The Hall–Kier alpha value is -1.61. The van der Waals surface area contributed by atoms with Crippen LogP contribution >= 0.6 is 0 Å². The second kappa shape index (κ2) is 4.72. The normalized spacial score (nSPS) is 12.7. The summed E-state index contributed by atoms with van der Waals surface area (Å²) in [5.41, 5.74) is 4.95. The van der Waals surface area contributed by atoms with Crippen molar-refractivity contribution in [3.8, 4) is 0 Å². The summed E-state index contributed by atoms with van der Waals surface area (Å²) in [6.07, 6.45) is 1.97. The minimum Gasteiger partial charge on any atom is -0.308 e. The van der Waals surface area contributed by atoms with Crippen molar-refractivity contribution < 1.29 is 0 Å². The van der Waals surface area contributed by atoms with E-state index in [1.165, 1.54) is 16.7 Å². The van der Waals surface area contributed by atoms with Gasteiger partial charge in [-0.1, -0.05) is 18.2 Å². The summed E-state index contributed by atoms with van der Waals surface area (Å²) in [7, 11) is 3.91. The largest absolute Gasteiger partial charge is 0.308 e. The molecule has 90 valence electrons. The third-order valence-corrected chi connectivity index (χ3v) is 3.18. The molecule has 1 aromatic carbocycles. The van der Waals surface area contributed by atoms with Gasteiger partial charge in [-0.15, -0.1) is 0 Å². The lowest BCUT2D eigenvalue weighted by Gasteiger charge is -2.15. The van der Waals surface area contributed by atoms with Crippen LogP contribution in [0.2, 0.25) is 0 Å². The van der Waals surface area contributed by atoms with Gasteiger partial charge in [-0.3, -0.25) is 4.68 Å². The third kappa shape index (κ3) is 2.39. The van der Waals surface area contributed by atoms with E-state index in [1.54, 1.807) is 0 Å². The first-order chi connectivity index (χ1) is 8.11. The molecule has 1 aromatic heterocycles. The summed E-state index contributed by atoms with van der Waals surface area (Å²) in [6.45, 7) is 4.28. The molecule has 1 N–H and O–H groups in total. The SMILES string of the molecule is CNC(c1ccc(C)c(C)c1)c1ccn(C)n1. The second-order valence-electron chi connectivity index (χ2n) is 4.48. The van der Waals surface area contributed by atoms with E-state index >= 15 is 0 Å². The molecule has 0 saturated heterocycles.